The largest absolute Gasteiger partial charge is 0.508 e. The van der Waals surface area contributed by atoms with Crippen LogP contribution in [0.15, 0.2) is 84.9 Å². The van der Waals surface area contributed by atoms with Gasteiger partial charge in [-0.25, -0.2) is 0 Å². The van der Waals surface area contributed by atoms with Gasteiger partial charge < -0.3 is 14.9 Å². The molecule has 0 radical (unpaired) electrons. The zero-order valence-corrected chi connectivity index (χ0v) is 34.9. The Hall–Kier alpha value is -4.38. The second-order valence-electron chi connectivity index (χ2n) is 21.2. The lowest BCUT2D eigenvalue weighted by Crippen LogP contribution is -2.48. The third kappa shape index (κ3) is 6.74. The van der Waals surface area contributed by atoms with Crippen molar-refractivity contribution in [1.29, 1.82) is 0 Å². The number of aromatic hydroxyl groups is 1. The van der Waals surface area contributed by atoms with Gasteiger partial charge in [-0.15, -0.1) is 0 Å². The minimum atomic E-state index is -0.683. The molecule has 4 aromatic rings. The Kier molecular flexibility index (Phi) is 8.99. The topological polar surface area (TPSA) is 83.8 Å². The number of rotatable bonds is 8. The number of ether oxygens (including phenoxy) is 1. The molecule has 8 bridgehead atoms. The number of esters is 1. The van der Waals surface area contributed by atoms with Crippen molar-refractivity contribution in [2.75, 3.05) is 7.11 Å². The van der Waals surface area contributed by atoms with Gasteiger partial charge in [0.15, 0.2) is 0 Å². The highest BCUT2D eigenvalue weighted by Crippen LogP contribution is 2.63. The van der Waals surface area contributed by atoms with Gasteiger partial charge in [-0.2, -0.15) is 0 Å². The molecule has 5 heteroatoms. The van der Waals surface area contributed by atoms with Gasteiger partial charge in [0.25, 0.3) is 0 Å². The van der Waals surface area contributed by atoms with Gasteiger partial charge >= 0.3 is 11.9 Å². The standard InChI is InChI=1S/C28H32O2.C26H28O3/c1-17-3-4-23(21-5-7-22(8-6-21)24-13-25(24)27(29)30-2)12-26(17)28-14-18-9-19(15-28)11-20(10-18)16-28;27-24-6-5-20(18-1-3-19(4-2-18)21-11-22(21)25(28)29)10-23(24)26-12-15-7-16(13-26)9-17(8-15)14-26/h3-8,12,18-20,24-25H,9-11,13-16H2,1-2H3;1-6,10,15-17,21-22,27H,7-9,11-14H2,(H,28,29). The molecule has 0 heterocycles. The Bertz CT molecular complexity index is 2210. The van der Waals surface area contributed by atoms with Crippen LogP contribution in [0.5, 0.6) is 5.75 Å². The fourth-order valence-electron chi connectivity index (χ4n) is 15.1. The number of aliphatic carboxylic acids is 1. The summed E-state index contributed by atoms with van der Waals surface area (Å²) in [6.07, 6.45) is 18.3. The molecule has 0 aromatic heterocycles. The molecular weight excluding hydrogens is 729 g/mol. The van der Waals surface area contributed by atoms with Crippen LogP contribution in [-0.2, 0) is 25.2 Å². The van der Waals surface area contributed by atoms with Crippen molar-refractivity contribution in [3.63, 3.8) is 0 Å². The number of aryl methyl sites for hydroxylation is 1. The van der Waals surface area contributed by atoms with E-state index in [2.05, 4.69) is 79.7 Å². The molecule has 10 fully saturated rings. The third-order valence-corrected chi connectivity index (χ3v) is 17.2. The van der Waals surface area contributed by atoms with Crippen LogP contribution in [-0.4, -0.2) is 29.3 Å². The van der Waals surface area contributed by atoms with Crippen molar-refractivity contribution in [3.8, 4) is 28.0 Å². The maximum absolute atomic E-state index is 11.8. The summed E-state index contributed by atoms with van der Waals surface area (Å²) in [5.74, 6) is 5.55. The van der Waals surface area contributed by atoms with Crippen LogP contribution in [0.3, 0.4) is 0 Å². The van der Waals surface area contributed by atoms with Gasteiger partial charge in [-0.05, 0) is 212 Å². The Morgan fingerprint density at radius 2 is 0.915 bits per heavy atom. The van der Waals surface area contributed by atoms with Crippen LogP contribution >= 0.6 is 0 Å². The molecular formula is C54H60O5. The molecule has 5 nitrogen and oxygen atoms in total. The van der Waals surface area contributed by atoms with Crippen LogP contribution in [0.2, 0.25) is 0 Å². The maximum atomic E-state index is 11.8. The molecule has 14 rings (SSSR count). The summed E-state index contributed by atoms with van der Waals surface area (Å²) in [6.45, 7) is 2.32. The summed E-state index contributed by atoms with van der Waals surface area (Å²) in [7, 11) is 1.49. The Labute approximate surface area is 350 Å². The first-order valence-corrected chi connectivity index (χ1v) is 23.0. The van der Waals surface area contributed by atoms with Crippen molar-refractivity contribution >= 4 is 11.9 Å². The number of methoxy groups -OCH3 is 1. The van der Waals surface area contributed by atoms with Gasteiger partial charge in [0, 0.05) is 5.56 Å². The lowest BCUT2D eigenvalue weighted by Gasteiger charge is -2.57. The average Bonchev–Trinajstić information content (AvgIpc) is 4.16. The van der Waals surface area contributed by atoms with Gasteiger partial charge in [-0.3, -0.25) is 9.59 Å². The number of benzene rings is 4. The van der Waals surface area contributed by atoms with Crippen molar-refractivity contribution in [3.05, 3.63) is 113 Å². The Balaban J connectivity index is 0.000000135. The molecule has 0 aliphatic heterocycles. The summed E-state index contributed by atoms with van der Waals surface area (Å²) < 4.78 is 4.90. The zero-order valence-electron chi connectivity index (χ0n) is 34.9. The highest BCUT2D eigenvalue weighted by Gasteiger charge is 2.54. The molecule has 0 saturated heterocycles. The minimum Gasteiger partial charge on any atom is -0.508 e. The second-order valence-corrected chi connectivity index (χ2v) is 21.2. The number of carbonyl (C=O) groups excluding carboxylic acids is 1. The van der Waals surface area contributed by atoms with E-state index < -0.39 is 5.97 Å². The normalized spacial score (nSPS) is 36.4. The van der Waals surface area contributed by atoms with Crippen LogP contribution in [0.1, 0.15) is 130 Å². The highest BCUT2D eigenvalue weighted by molar-refractivity contribution is 5.78. The number of carbonyl (C=O) groups is 2. The van der Waals surface area contributed by atoms with E-state index in [0.29, 0.717) is 17.1 Å². The van der Waals surface area contributed by atoms with Gasteiger partial charge in [-0.1, -0.05) is 72.8 Å². The van der Waals surface area contributed by atoms with Gasteiger partial charge in [0.1, 0.15) is 5.75 Å². The second kappa shape index (κ2) is 14.1. The van der Waals surface area contributed by atoms with E-state index in [9.17, 15) is 14.7 Å². The highest BCUT2D eigenvalue weighted by atomic mass is 16.5. The third-order valence-electron chi connectivity index (χ3n) is 17.2. The average molecular weight is 789 g/mol. The molecule has 2 N–H and O–H groups in total. The number of carboxylic acid groups (broad SMARTS) is 1. The Morgan fingerprint density at radius 3 is 1.36 bits per heavy atom. The van der Waals surface area contributed by atoms with Crippen LogP contribution in [0.25, 0.3) is 22.3 Å². The molecule has 4 unspecified atom stereocenters. The zero-order chi connectivity index (χ0) is 40.2. The van der Waals surface area contributed by atoms with E-state index in [1.807, 2.05) is 12.1 Å². The first-order chi connectivity index (χ1) is 28.5. The van der Waals surface area contributed by atoms with E-state index in [0.717, 1.165) is 65.0 Å². The fraction of sp³-hybridized carbons (Fsp3) is 0.519. The van der Waals surface area contributed by atoms with Crippen molar-refractivity contribution < 1.29 is 24.5 Å². The van der Waals surface area contributed by atoms with Crippen molar-refractivity contribution in [1.82, 2.24) is 0 Å². The number of phenolic OH excluding ortho intramolecular Hbond substituents is 1. The van der Waals surface area contributed by atoms with E-state index in [1.54, 1.807) is 5.56 Å². The predicted molar refractivity (Wildman–Crippen MR) is 231 cm³/mol. The van der Waals surface area contributed by atoms with Gasteiger partial charge in [0.05, 0.1) is 18.9 Å². The van der Waals surface area contributed by atoms with Crippen LogP contribution in [0.4, 0.5) is 0 Å². The lowest BCUT2D eigenvalue weighted by atomic mass is 9.47. The predicted octanol–water partition coefficient (Wildman–Crippen LogP) is 12.1. The number of hydrogen-bond donors (Lipinski definition) is 2. The molecule has 4 aromatic carbocycles. The summed E-state index contributed by atoms with van der Waals surface area (Å²) in [6, 6.07) is 30.6. The van der Waals surface area contributed by atoms with E-state index in [-0.39, 0.29) is 29.1 Å². The molecule has 10 saturated carbocycles. The smallest absolute Gasteiger partial charge is 0.309 e. The first-order valence-electron chi connectivity index (χ1n) is 23.0. The minimum absolute atomic E-state index is 0.0583. The fourth-order valence-corrected chi connectivity index (χ4v) is 15.1. The SMILES string of the molecule is COC(=O)C1CC1c1ccc(-c2ccc(C)c(C34CC5CC(CC(C5)C3)C4)c2)cc1.O=C(O)C1CC1c1ccc(-c2ccc(O)c(C34CC5CC(CC(C5)C3)C4)c2)cc1. The monoisotopic (exact) mass is 788 g/mol. The lowest BCUT2D eigenvalue weighted by molar-refractivity contribution is -0.142. The Morgan fingerprint density at radius 1 is 0.525 bits per heavy atom. The molecule has 10 aliphatic carbocycles. The molecule has 10 aliphatic rings. The number of phenols is 1. The molecule has 306 valence electrons. The summed E-state index contributed by atoms with van der Waals surface area (Å²) in [4.78, 5) is 22.9. The molecule has 4 atom stereocenters. The van der Waals surface area contributed by atoms with Crippen LogP contribution in [0, 0.1) is 54.3 Å². The molecule has 0 spiro atoms. The first kappa shape index (κ1) is 37.6. The van der Waals surface area contributed by atoms with E-state index >= 15 is 0 Å². The number of hydrogen-bond acceptors (Lipinski definition) is 4. The van der Waals surface area contributed by atoms with Crippen LogP contribution < -0.4 is 0 Å². The van der Waals surface area contributed by atoms with E-state index in [1.165, 1.54) is 112 Å². The quantitative estimate of drug-likeness (QED) is 0.174. The summed E-state index contributed by atoms with van der Waals surface area (Å²) in [5, 5.41) is 20.0. The maximum Gasteiger partial charge on any atom is 0.309 e. The van der Waals surface area contributed by atoms with Crippen molar-refractivity contribution in [2.45, 2.75) is 119 Å². The van der Waals surface area contributed by atoms with Crippen molar-refractivity contribution in [2.24, 2.45) is 47.3 Å². The van der Waals surface area contributed by atoms with Gasteiger partial charge in [0.2, 0.25) is 0 Å². The summed E-state index contributed by atoms with van der Waals surface area (Å²) in [5.41, 5.74) is 12.2. The summed E-state index contributed by atoms with van der Waals surface area (Å²) >= 11 is 0. The molecule has 0 amide bonds. The van der Waals surface area contributed by atoms with E-state index in [4.69, 9.17) is 9.84 Å². The number of carboxylic acids is 1. The molecule has 59 heavy (non-hydrogen) atoms.